The summed E-state index contributed by atoms with van der Waals surface area (Å²) in [6, 6.07) is -0.210. The van der Waals surface area contributed by atoms with E-state index in [9.17, 15) is 9.90 Å². The number of hydrogen-bond donors (Lipinski definition) is 3. The molecule has 6 nitrogen and oxygen atoms in total. The number of aliphatic hydroxyl groups is 1. The summed E-state index contributed by atoms with van der Waals surface area (Å²) in [6.07, 6.45) is 3.63. The minimum atomic E-state index is -0.331. The summed E-state index contributed by atoms with van der Waals surface area (Å²) >= 11 is 1.56. The summed E-state index contributed by atoms with van der Waals surface area (Å²) in [6.45, 7) is 2.95. The molecule has 3 N–H and O–H groups in total. The summed E-state index contributed by atoms with van der Waals surface area (Å²) in [4.78, 5) is 18.3. The number of thiazole rings is 1. The molecule has 124 valence electrons. The van der Waals surface area contributed by atoms with E-state index in [0.29, 0.717) is 13.1 Å². The molecule has 2 amide bonds. The van der Waals surface area contributed by atoms with Crippen molar-refractivity contribution in [2.45, 2.75) is 45.3 Å². The molecule has 0 aliphatic heterocycles. The van der Waals surface area contributed by atoms with Crippen molar-refractivity contribution in [3.05, 3.63) is 11.1 Å². The Labute approximate surface area is 135 Å². The summed E-state index contributed by atoms with van der Waals surface area (Å²) < 4.78 is 0. The molecule has 0 radical (unpaired) electrons. The van der Waals surface area contributed by atoms with Gasteiger partial charge in [-0.1, -0.05) is 19.8 Å². The first-order valence-corrected chi connectivity index (χ1v) is 8.60. The molecular weight excluding hydrogens is 300 g/mol. The summed E-state index contributed by atoms with van der Waals surface area (Å²) in [7, 11) is 3.89. The summed E-state index contributed by atoms with van der Waals surface area (Å²) in [5.41, 5.74) is 0.640. The largest absolute Gasteiger partial charge is 0.392 e. The zero-order valence-corrected chi connectivity index (χ0v) is 14.4. The number of aliphatic hydroxyl groups excluding tert-OH is 1. The van der Waals surface area contributed by atoms with Crippen molar-refractivity contribution in [1.29, 1.82) is 0 Å². The molecule has 0 bridgehead atoms. The van der Waals surface area contributed by atoms with E-state index >= 15 is 0 Å². The molecule has 1 aromatic heterocycles. The second-order valence-electron chi connectivity index (χ2n) is 6.47. The van der Waals surface area contributed by atoms with Gasteiger partial charge >= 0.3 is 6.03 Å². The number of anilines is 1. The Kier molecular flexibility index (Phi) is 5.63. The fourth-order valence-electron chi connectivity index (χ4n) is 2.69. The SMILES string of the molecule is CN(C)c1nc(CNC(=O)NCC2(C)CCCCC2O)cs1. The Bertz CT molecular complexity index is 505. The highest BCUT2D eigenvalue weighted by Gasteiger charge is 2.35. The number of aromatic nitrogens is 1. The smallest absolute Gasteiger partial charge is 0.315 e. The van der Waals surface area contributed by atoms with Gasteiger partial charge in [-0.3, -0.25) is 0 Å². The average molecular weight is 326 g/mol. The van der Waals surface area contributed by atoms with Gasteiger partial charge in [0.15, 0.2) is 5.13 Å². The fourth-order valence-corrected chi connectivity index (χ4v) is 3.44. The van der Waals surface area contributed by atoms with Gasteiger partial charge < -0.3 is 20.6 Å². The maximum absolute atomic E-state index is 11.9. The van der Waals surface area contributed by atoms with Crippen molar-refractivity contribution in [3.8, 4) is 0 Å². The van der Waals surface area contributed by atoms with E-state index in [2.05, 4.69) is 15.6 Å². The fraction of sp³-hybridized carbons (Fsp3) is 0.733. The van der Waals surface area contributed by atoms with Crippen LogP contribution in [0.2, 0.25) is 0 Å². The number of urea groups is 1. The molecule has 1 aromatic rings. The van der Waals surface area contributed by atoms with E-state index in [-0.39, 0.29) is 17.6 Å². The standard InChI is InChI=1S/C15H26N4O2S/c1-15(7-5-4-6-12(15)20)10-17-13(21)16-8-11-9-22-14(18-11)19(2)3/h9,12,20H,4-8,10H2,1-3H3,(H2,16,17,21). The highest BCUT2D eigenvalue weighted by molar-refractivity contribution is 7.13. The Morgan fingerprint density at radius 3 is 2.91 bits per heavy atom. The monoisotopic (exact) mass is 326 g/mol. The van der Waals surface area contributed by atoms with Crippen molar-refractivity contribution < 1.29 is 9.90 Å². The molecule has 22 heavy (non-hydrogen) atoms. The number of amides is 2. The van der Waals surface area contributed by atoms with Gasteiger partial charge in [-0.05, 0) is 12.8 Å². The van der Waals surface area contributed by atoms with Crippen molar-refractivity contribution in [1.82, 2.24) is 15.6 Å². The zero-order chi connectivity index (χ0) is 16.2. The zero-order valence-electron chi connectivity index (χ0n) is 13.6. The molecule has 1 saturated carbocycles. The first-order chi connectivity index (χ1) is 10.4. The van der Waals surface area contributed by atoms with Crippen LogP contribution in [-0.4, -0.2) is 42.9 Å². The molecule has 2 atom stereocenters. The third kappa shape index (κ3) is 4.33. The number of hydrogen-bond acceptors (Lipinski definition) is 5. The number of carbonyl (C=O) groups is 1. The highest BCUT2D eigenvalue weighted by Crippen LogP contribution is 2.35. The third-order valence-corrected chi connectivity index (χ3v) is 5.34. The van der Waals surface area contributed by atoms with Crippen LogP contribution in [0.25, 0.3) is 0 Å². The highest BCUT2D eigenvalue weighted by atomic mass is 32.1. The van der Waals surface area contributed by atoms with Crippen LogP contribution in [0.5, 0.6) is 0 Å². The maximum Gasteiger partial charge on any atom is 0.315 e. The van der Waals surface area contributed by atoms with Gasteiger partial charge in [0, 0.05) is 31.4 Å². The Balaban J connectivity index is 1.75. The molecule has 1 fully saturated rings. The minimum Gasteiger partial charge on any atom is -0.392 e. The molecule has 2 unspecified atom stereocenters. The maximum atomic E-state index is 11.9. The molecule has 7 heteroatoms. The van der Waals surface area contributed by atoms with Gasteiger partial charge in [-0.15, -0.1) is 11.3 Å². The molecule has 1 heterocycles. The van der Waals surface area contributed by atoms with Crippen LogP contribution in [0.1, 0.15) is 38.3 Å². The lowest BCUT2D eigenvalue weighted by atomic mass is 9.73. The van der Waals surface area contributed by atoms with Crippen LogP contribution < -0.4 is 15.5 Å². The van der Waals surface area contributed by atoms with Gasteiger partial charge in [-0.25, -0.2) is 9.78 Å². The van der Waals surface area contributed by atoms with Crippen LogP contribution in [0.15, 0.2) is 5.38 Å². The predicted molar refractivity (Wildman–Crippen MR) is 89.3 cm³/mol. The van der Waals surface area contributed by atoms with E-state index in [1.165, 1.54) is 0 Å². The van der Waals surface area contributed by atoms with Crippen molar-refractivity contribution >= 4 is 22.5 Å². The van der Waals surface area contributed by atoms with Crippen LogP contribution >= 0.6 is 11.3 Å². The van der Waals surface area contributed by atoms with Crippen molar-refractivity contribution in [2.75, 3.05) is 25.5 Å². The number of nitrogens with one attached hydrogen (secondary N) is 2. The van der Waals surface area contributed by atoms with Crippen LogP contribution in [0.4, 0.5) is 9.93 Å². The first-order valence-electron chi connectivity index (χ1n) is 7.72. The van der Waals surface area contributed by atoms with E-state index in [1.807, 2.05) is 31.3 Å². The first kappa shape index (κ1) is 17.0. The quantitative estimate of drug-likeness (QED) is 0.773. The molecule has 2 rings (SSSR count). The van der Waals surface area contributed by atoms with Crippen molar-refractivity contribution in [2.24, 2.45) is 5.41 Å². The average Bonchev–Trinajstić information content (AvgIpc) is 2.96. The van der Waals surface area contributed by atoms with Crippen LogP contribution in [0.3, 0.4) is 0 Å². The van der Waals surface area contributed by atoms with E-state index in [0.717, 1.165) is 36.5 Å². The van der Waals surface area contributed by atoms with E-state index in [1.54, 1.807) is 11.3 Å². The lowest BCUT2D eigenvalue weighted by Gasteiger charge is -2.38. The topological polar surface area (TPSA) is 77.5 Å². The third-order valence-electron chi connectivity index (χ3n) is 4.28. The minimum absolute atomic E-state index is 0.210. The van der Waals surface area contributed by atoms with Gasteiger partial charge in [0.05, 0.1) is 18.3 Å². The summed E-state index contributed by atoms with van der Waals surface area (Å²) in [5.74, 6) is 0. The van der Waals surface area contributed by atoms with Crippen LogP contribution in [-0.2, 0) is 6.54 Å². The second-order valence-corrected chi connectivity index (χ2v) is 7.30. The van der Waals surface area contributed by atoms with Crippen molar-refractivity contribution in [3.63, 3.8) is 0 Å². The predicted octanol–water partition coefficient (Wildman–Crippen LogP) is 1.95. The molecule has 0 saturated heterocycles. The van der Waals surface area contributed by atoms with E-state index < -0.39 is 0 Å². The molecule has 1 aliphatic rings. The number of nitrogens with zero attached hydrogens (tertiary/aromatic N) is 2. The van der Waals surface area contributed by atoms with Gasteiger partial charge in [0.1, 0.15) is 0 Å². The molecule has 1 aliphatic carbocycles. The molecular formula is C15H26N4O2S. The molecule has 0 aromatic carbocycles. The van der Waals surface area contributed by atoms with Gasteiger partial charge in [0.2, 0.25) is 0 Å². The lowest BCUT2D eigenvalue weighted by Crippen LogP contribution is -2.47. The van der Waals surface area contributed by atoms with E-state index in [4.69, 9.17) is 0 Å². The van der Waals surface area contributed by atoms with Gasteiger partial charge in [-0.2, -0.15) is 0 Å². The normalized spacial score (nSPS) is 24.8. The molecule has 0 spiro atoms. The Morgan fingerprint density at radius 1 is 1.50 bits per heavy atom. The number of carbonyl (C=O) groups excluding carboxylic acids is 1. The van der Waals surface area contributed by atoms with Gasteiger partial charge in [0.25, 0.3) is 0 Å². The van der Waals surface area contributed by atoms with Crippen LogP contribution in [0, 0.1) is 5.41 Å². The Hall–Kier alpha value is -1.34. The summed E-state index contributed by atoms with van der Waals surface area (Å²) in [5, 5.41) is 18.7. The lowest BCUT2D eigenvalue weighted by molar-refractivity contribution is 0.00308. The second kappa shape index (κ2) is 7.28. The Morgan fingerprint density at radius 2 is 2.27 bits per heavy atom. The number of rotatable bonds is 5.